The van der Waals surface area contributed by atoms with Gasteiger partial charge in [-0.3, -0.25) is 5.10 Å². The number of aromatic nitrogens is 2. The van der Waals surface area contributed by atoms with Crippen LogP contribution in [-0.4, -0.2) is 47.9 Å². The fourth-order valence-corrected chi connectivity index (χ4v) is 3.24. The normalized spacial score (nSPS) is 15.3. The van der Waals surface area contributed by atoms with Gasteiger partial charge in [0.2, 0.25) is 0 Å². The summed E-state index contributed by atoms with van der Waals surface area (Å²) in [4.78, 5) is 14.2. The minimum Gasteiger partial charge on any atom is -0.496 e. The van der Waals surface area contributed by atoms with Crippen molar-refractivity contribution < 1.29 is 9.53 Å². The average molecular weight is 328 g/mol. The number of para-hydroxylation sites is 1. The first-order valence-corrected chi connectivity index (χ1v) is 8.41. The van der Waals surface area contributed by atoms with Crippen LogP contribution in [0.2, 0.25) is 0 Å². The maximum atomic E-state index is 12.3. The number of nitrogens with zero attached hydrogens (tertiary/aromatic N) is 2. The van der Waals surface area contributed by atoms with Crippen LogP contribution in [0.15, 0.2) is 36.7 Å². The lowest BCUT2D eigenvalue weighted by atomic mass is 9.89. The van der Waals surface area contributed by atoms with Gasteiger partial charge in [0.25, 0.3) is 0 Å². The van der Waals surface area contributed by atoms with E-state index >= 15 is 0 Å². The maximum Gasteiger partial charge on any atom is 0.317 e. The summed E-state index contributed by atoms with van der Waals surface area (Å²) in [5, 5.41) is 9.67. The van der Waals surface area contributed by atoms with E-state index in [0.29, 0.717) is 12.5 Å². The molecule has 6 heteroatoms. The van der Waals surface area contributed by atoms with E-state index in [4.69, 9.17) is 4.74 Å². The van der Waals surface area contributed by atoms with Gasteiger partial charge in [0.1, 0.15) is 5.75 Å². The third kappa shape index (κ3) is 3.88. The Kier molecular flexibility index (Phi) is 5.36. The van der Waals surface area contributed by atoms with E-state index in [9.17, 15) is 4.79 Å². The van der Waals surface area contributed by atoms with E-state index in [1.807, 2.05) is 29.3 Å². The molecule has 1 fully saturated rings. The largest absolute Gasteiger partial charge is 0.496 e. The van der Waals surface area contributed by atoms with Gasteiger partial charge in [-0.2, -0.15) is 5.10 Å². The molecule has 2 heterocycles. The van der Waals surface area contributed by atoms with Gasteiger partial charge in [0.15, 0.2) is 0 Å². The van der Waals surface area contributed by atoms with Crippen LogP contribution >= 0.6 is 0 Å². The topological polar surface area (TPSA) is 70.2 Å². The Balaban J connectivity index is 1.46. The van der Waals surface area contributed by atoms with Crippen molar-refractivity contribution >= 4 is 6.03 Å². The highest BCUT2D eigenvalue weighted by molar-refractivity contribution is 5.74. The first-order chi connectivity index (χ1) is 11.8. The van der Waals surface area contributed by atoms with Gasteiger partial charge in [-0.1, -0.05) is 18.2 Å². The van der Waals surface area contributed by atoms with Gasteiger partial charge in [-0.05, 0) is 42.4 Å². The van der Waals surface area contributed by atoms with Crippen molar-refractivity contribution in [2.75, 3.05) is 26.7 Å². The molecule has 2 N–H and O–H groups in total. The molecule has 0 saturated carbocycles. The third-order valence-corrected chi connectivity index (χ3v) is 4.61. The molecule has 0 unspecified atom stereocenters. The van der Waals surface area contributed by atoms with Gasteiger partial charge in [0, 0.05) is 25.8 Å². The molecule has 0 atom stereocenters. The van der Waals surface area contributed by atoms with Crippen molar-refractivity contribution in [3.8, 4) is 5.75 Å². The Morgan fingerprint density at radius 2 is 2.17 bits per heavy atom. The highest BCUT2D eigenvalue weighted by atomic mass is 16.5. The fraction of sp³-hybridized carbons (Fsp3) is 0.444. The van der Waals surface area contributed by atoms with Gasteiger partial charge in [-0.15, -0.1) is 0 Å². The number of carbonyl (C=O) groups is 1. The van der Waals surface area contributed by atoms with Crippen LogP contribution in [0.1, 0.15) is 29.9 Å². The maximum absolute atomic E-state index is 12.3. The van der Waals surface area contributed by atoms with Crippen LogP contribution in [-0.2, 0) is 6.42 Å². The number of aromatic amines is 1. The summed E-state index contributed by atoms with van der Waals surface area (Å²) in [6.07, 6.45) is 6.36. The Morgan fingerprint density at radius 3 is 2.88 bits per heavy atom. The van der Waals surface area contributed by atoms with Crippen molar-refractivity contribution in [2.45, 2.75) is 25.2 Å². The number of urea groups is 1. The molecule has 128 valence electrons. The monoisotopic (exact) mass is 328 g/mol. The summed E-state index contributed by atoms with van der Waals surface area (Å²) in [5.41, 5.74) is 2.35. The number of rotatable bonds is 5. The number of nitrogens with one attached hydrogen (secondary N) is 2. The molecule has 2 amide bonds. The van der Waals surface area contributed by atoms with Gasteiger partial charge >= 0.3 is 6.03 Å². The molecule has 0 aliphatic carbocycles. The molecule has 1 aromatic heterocycles. The van der Waals surface area contributed by atoms with Crippen LogP contribution in [0.4, 0.5) is 4.79 Å². The average Bonchev–Trinajstić information content (AvgIpc) is 3.15. The second-order valence-electron chi connectivity index (χ2n) is 6.09. The van der Waals surface area contributed by atoms with Gasteiger partial charge < -0.3 is 15.0 Å². The zero-order chi connectivity index (χ0) is 16.8. The molecule has 1 aliphatic heterocycles. The lowest BCUT2D eigenvalue weighted by Gasteiger charge is -2.32. The Morgan fingerprint density at radius 1 is 1.38 bits per heavy atom. The minimum atomic E-state index is 0.0250. The number of ether oxygens (including phenoxy) is 1. The van der Waals surface area contributed by atoms with E-state index in [0.717, 1.165) is 43.7 Å². The number of likely N-dealkylation sites (tertiary alicyclic amines) is 1. The third-order valence-electron chi connectivity index (χ3n) is 4.61. The number of hydrogen-bond donors (Lipinski definition) is 2. The second-order valence-corrected chi connectivity index (χ2v) is 6.09. The predicted molar refractivity (Wildman–Crippen MR) is 92.2 cm³/mol. The first kappa shape index (κ1) is 16.4. The molecule has 0 bridgehead atoms. The molecular weight excluding hydrogens is 304 g/mol. The summed E-state index contributed by atoms with van der Waals surface area (Å²) in [5.74, 6) is 1.40. The van der Waals surface area contributed by atoms with Gasteiger partial charge in [-0.25, -0.2) is 4.79 Å². The van der Waals surface area contributed by atoms with Crippen molar-refractivity contribution in [1.29, 1.82) is 0 Å². The van der Waals surface area contributed by atoms with Crippen LogP contribution < -0.4 is 10.1 Å². The summed E-state index contributed by atoms with van der Waals surface area (Å²) in [7, 11) is 1.71. The summed E-state index contributed by atoms with van der Waals surface area (Å²) in [6.45, 7) is 2.19. The molecular formula is C18H24N4O2. The molecule has 1 aromatic carbocycles. The SMILES string of the molecule is COc1ccccc1C1CCN(C(=O)NCCc2cn[nH]c2)CC1. The van der Waals surface area contributed by atoms with Crippen LogP contribution in [0.5, 0.6) is 5.75 Å². The number of carbonyl (C=O) groups excluding carboxylic acids is 1. The molecule has 3 rings (SSSR count). The lowest BCUT2D eigenvalue weighted by Crippen LogP contribution is -2.44. The molecule has 1 aliphatic rings. The first-order valence-electron chi connectivity index (χ1n) is 8.41. The zero-order valence-corrected chi connectivity index (χ0v) is 14.0. The summed E-state index contributed by atoms with van der Waals surface area (Å²) in [6, 6.07) is 8.20. The fourth-order valence-electron chi connectivity index (χ4n) is 3.24. The molecule has 24 heavy (non-hydrogen) atoms. The number of amides is 2. The van der Waals surface area contributed by atoms with Gasteiger partial charge in [0.05, 0.1) is 13.3 Å². The highest BCUT2D eigenvalue weighted by Crippen LogP contribution is 2.33. The quantitative estimate of drug-likeness (QED) is 0.886. The second kappa shape index (κ2) is 7.86. The summed E-state index contributed by atoms with van der Waals surface area (Å²) < 4.78 is 5.46. The summed E-state index contributed by atoms with van der Waals surface area (Å²) >= 11 is 0. The number of methoxy groups -OCH3 is 1. The van der Waals surface area contributed by atoms with Crippen LogP contribution in [0, 0.1) is 0 Å². The molecule has 2 aromatic rings. The van der Waals surface area contributed by atoms with E-state index in [-0.39, 0.29) is 6.03 Å². The molecule has 1 saturated heterocycles. The number of benzene rings is 1. The smallest absolute Gasteiger partial charge is 0.317 e. The number of H-pyrrole nitrogens is 1. The molecule has 0 radical (unpaired) electrons. The number of piperidine rings is 1. The minimum absolute atomic E-state index is 0.0250. The van der Waals surface area contributed by atoms with Crippen molar-refractivity contribution in [2.24, 2.45) is 0 Å². The van der Waals surface area contributed by atoms with Crippen molar-refractivity contribution in [1.82, 2.24) is 20.4 Å². The standard InChI is InChI=1S/C18H24N4O2/c1-24-17-5-3-2-4-16(17)15-7-10-22(11-8-15)18(23)19-9-6-14-12-20-21-13-14/h2-5,12-13,15H,6-11H2,1H3,(H,19,23)(H,20,21). The highest BCUT2D eigenvalue weighted by Gasteiger charge is 2.25. The van der Waals surface area contributed by atoms with E-state index in [1.54, 1.807) is 13.3 Å². The van der Waals surface area contributed by atoms with Crippen LogP contribution in [0.3, 0.4) is 0 Å². The Labute approximate surface area is 142 Å². The Hall–Kier alpha value is -2.50. The van der Waals surface area contributed by atoms with E-state index in [2.05, 4.69) is 21.6 Å². The van der Waals surface area contributed by atoms with E-state index < -0.39 is 0 Å². The Bertz CT molecular complexity index is 649. The van der Waals surface area contributed by atoms with Crippen molar-refractivity contribution in [3.63, 3.8) is 0 Å². The number of hydrogen-bond acceptors (Lipinski definition) is 3. The molecule has 0 spiro atoms. The van der Waals surface area contributed by atoms with Crippen molar-refractivity contribution in [3.05, 3.63) is 47.8 Å². The van der Waals surface area contributed by atoms with E-state index in [1.165, 1.54) is 5.56 Å². The lowest BCUT2D eigenvalue weighted by molar-refractivity contribution is 0.181. The van der Waals surface area contributed by atoms with Crippen LogP contribution in [0.25, 0.3) is 0 Å². The molecule has 6 nitrogen and oxygen atoms in total. The predicted octanol–water partition coefficient (Wildman–Crippen LogP) is 2.55. The zero-order valence-electron chi connectivity index (χ0n) is 14.0.